The molecule has 0 aromatic heterocycles. The summed E-state index contributed by atoms with van der Waals surface area (Å²) in [5.41, 5.74) is 2.64. The summed E-state index contributed by atoms with van der Waals surface area (Å²) in [6.45, 7) is 5.06. The van der Waals surface area contributed by atoms with E-state index in [0.717, 1.165) is 42.1 Å². The summed E-state index contributed by atoms with van der Waals surface area (Å²) < 4.78 is 10.7. The highest BCUT2D eigenvalue weighted by Gasteiger charge is 2.23. The van der Waals surface area contributed by atoms with Gasteiger partial charge in [0.2, 0.25) is 0 Å². The van der Waals surface area contributed by atoms with Gasteiger partial charge in [-0.05, 0) is 55.8 Å². The molecule has 1 aliphatic rings. The molecule has 1 atom stereocenters. The van der Waals surface area contributed by atoms with Crippen molar-refractivity contribution in [1.82, 2.24) is 10.2 Å². The summed E-state index contributed by atoms with van der Waals surface area (Å²) in [7, 11) is 3.27. The molecule has 1 saturated heterocycles. The molecule has 0 aliphatic carbocycles. The third-order valence-corrected chi connectivity index (χ3v) is 5.27. The van der Waals surface area contributed by atoms with Crippen LogP contribution in [0, 0.1) is 0 Å². The molecule has 144 valence electrons. The van der Waals surface area contributed by atoms with E-state index in [9.17, 15) is 4.79 Å². The molecule has 5 nitrogen and oxygen atoms in total. The lowest BCUT2D eigenvalue weighted by Crippen LogP contribution is -2.40. The molecule has 1 unspecified atom stereocenters. The van der Waals surface area contributed by atoms with E-state index in [0.29, 0.717) is 18.2 Å². The van der Waals surface area contributed by atoms with Crippen LogP contribution in [-0.4, -0.2) is 50.7 Å². The number of nitrogens with zero attached hydrogens (tertiary/aromatic N) is 1. The first-order valence-electron chi connectivity index (χ1n) is 9.51. The van der Waals surface area contributed by atoms with E-state index >= 15 is 0 Å². The smallest absolute Gasteiger partial charge is 0.251 e. The number of hydrogen-bond acceptors (Lipinski definition) is 4. The zero-order valence-corrected chi connectivity index (χ0v) is 16.3. The average molecular weight is 368 g/mol. The van der Waals surface area contributed by atoms with E-state index in [1.165, 1.54) is 6.42 Å². The number of benzene rings is 2. The number of carbonyl (C=O) groups is 1. The summed E-state index contributed by atoms with van der Waals surface area (Å²) in [4.78, 5) is 14.9. The molecule has 3 rings (SSSR count). The number of likely N-dealkylation sites (tertiary alicyclic amines) is 1. The van der Waals surface area contributed by atoms with Crippen LogP contribution < -0.4 is 14.8 Å². The van der Waals surface area contributed by atoms with Gasteiger partial charge < -0.3 is 14.8 Å². The van der Waals surface area contributed by atoms with Gasteiger partial charge in [0.25, 0.3) is 5.91 Å². The Bertz CT molecular complexity index is 774. The summed E-state index contributed by atoms with van der Waals surface area (Å²) in [6.07, 6.45) is 2.37. The molecule has 2 aromatic rings. The minimum Gasteiger partial charge on any atom is -0.497 e. The second kappa shape index (κ2) is 8.91. The molecule has 2 aromatic carbocycles. The van der Waals surface area contributed by atoms with Crippen LogP contribution in [0.15, 0.2) is 42.5 Å². The molecular weight excluding hydrogens is 340 g/mol. The van der Waals surface area contributed by atoms with Gasteiger partial charge in [-0.25, -0.2) is 0 Å². The first kappa shape index (κ1) is 19.2. The van der Waals surface area contributed by atoms with Crippen LogP contribution in [0.2, 0.25) is 0 Å². The fourth-order valence-electron chi connectivity index (χ4n) is 3.69. The Morgan fingerprint density at radius 1 is 1.15 bits per heavy atom. The van der Waals surface area contributed by atoms with Crippen LogP contribution in [0.25, 0.3) is 11.1 Å². The summed E-state index contributed by atoms with van der Waals surface area (Å²) in [6, 6.07) is 13.8. The lowest BCUT2D eigenvalue weighted by Gasteiger charge is -2.22. The number of carbonyl (C=O) groups excluding carboxylic acids is 1. The second-order valence-electron chi connectivity index (χ2n) is 6.78. The largest absolute Gasteiger partial charge is 0.497 e. The van der Waals surface area contributed by atoms with E-state index in [2.05, 4.69) is 17.1 Å². The Labute approximate surface area is 161 Å². The standard InChI is InChI=1S/C22H28N2O3/c1-4-24-13-5-6-18(24)15-23-22(25)17-9-7-16(8-10-17)20-12-11-19(26-2)14-21(20)27-3/h7-12,14,18H,4-6,13,15H2,1-3H3,(H,23,25). The summed E-state index contributed by atoms with van der Waals surface area (Å²) in [5.74, 6) is 1.47. The van der Waals surface area contributed by atoms with Crippen molar-refractivity contribution in [2.45, 2.75) is 25.8 Å². The van der Waals surface area contributed by atoms with Gasteiger partial charge in [0.15, 0.2) is 0 Å². The van der Waals surface area contributed by atoms with Crippen molar-refractivity contribution in [1.29, 1.82) is 0 Å². The maximum Gasteiger partial charge on any atom is 0.251 e. The predicted octanol–water partition coefficient (Wildman–Crippen LogP) is 3.58. The zero-order valence-electron chi connectivity index (χ0n) is 16.3. The van der Waals surface area contributed by atoms with E-state index < -0.39 is 0 Å². The van der Waals surface area contributed by atoms with E-state index in [-0.39, 0.29) is 5.91 Å². The number of methoxy groups -OCH3 is 2. The van der Waals surface area contributed by atoms with Crippen molar-refractivity contribution in [3.63, 3.8) is 0 Å². The second-order valence-corrected chi connectivity index (χ2v) is 6.78. The number of likely N-dealkylation sites (N-methyl/N-ethyl adjacent to an activating group) is 1. The van der Waals surface area contributed by atoms with Crippen LogP contribution in [-0.2, 0) is 0 Å². The lowest BCUT2D eigenvalue weighted by molar-refractivity contribution is 0.0941. The molecule has 1 heterocycles. The van der Waals surface area contributed by atoms with Crippen molar-refractivity contribution in [2.24, 2.45) is 0 Å². The lowest BCUT2D eigenvalue weighted by atomic mass is 10.0. The van der Waals surface area contributed by atoms with Gasteiger partial charge >= 0.3 is 0 Å². The first-order chi connectivity index (χ1) is 13.2. The molecule has 5 heteroatoms. The molecule has 1 aliphatic heterocycles. The maximum absolute atomic E-state index is 12.5. The van der Waals surface area contributed by atoms with Crippen molar-refractivity contribution in [3.8, 4) is 22.6 Å². The van der Waals surface area contributed by atoms with Crippen molar-refractivity contribution >= 4 is 5.91 Å². The quantitative estimate of drug-likeness (QED) is 0.812. The number of rotatable bonds is 7. The number of amides is 1. The molecule has 0 saturated carbocycles. The van der Waals surface area contributed by atoms with Crippen LogP contribution in [0.4, 0.5) is 0 Å². The maximum atomic E-state index is 12.5. The van der Waals surface area contributed by atoms with Gasteiger partial charge in [0, 0.05) is 29.8 Å². The van der Waals surface area contributed by atoms with E-state index in [1.54, 1.807) is 14.2 Å². The Balaban J connectivity index is 1.67. The predicted molar refractivity (Wildman–Crippen MR) is 108 cm³/mol. The molecule has 1 fully saturated rings. The molecular formula is C22H28N2O3. The third kappa shape index (κ3) is 4.42. The van der Waals surface area contributed by atoms with Crippen molar-refractivity contribution in [2.75, 3.05) is 33.9 Å². The monoisotopic (exact) mass is 368 g/mol. The van der Waals surface area contributed by atoms with E-state index in [4.69, 9.17) is 9.47 Å². The minimum atomic E-state index is -0.0220. The van der Waals surface area contributed by atoms with Crippen LogP contribution in [0.5, 0.6) is 11.5 Å². The molecule has 27 heavy (non-hydrogen) atoms. The van der Waals surface area contributed by atoms with Crippen LogP contribution >= 0.6 is 0 Å². The highest BCUT2D eigenvalue weighted by Crippen LogP contribution is 2.33. The summed E-state index contributed by atoms with van der Waals surface area (Å²) in [5, 5.41) is 3.08. The molecule has 0 bridgehead atoms. The SMILES string of the molecule is CCN1CCCC1CNC(=O)c1ccc(-c2ccc(OC)cc2OC)cc1. The molecule has 0 radical (unpaired) electrons. The van der Waals surface area contributed by atoms with Gasteiger partial charge in [0.05, 0.1) is 14.2 Å². The number of hydrogen-bond donors (Lipinski definition) is 1. The topological polar surface area (TPSA) is 50.8 Å². The van der Waals surface area contributed by atoms with Gasteiger partial charge in [-0.3, -0.25) is 9.69 Å². The van der Waals surface area contributed by atoms with Crippen LogP contribution in [0.1, 0.15) is 30.1 Å². The van der Waals surface area contributed by atoms with E-state index in [1.807, 2.05) is 42.5 Å². The Hall–Kier alpha value is -2.53. The van der Waals surface area contributed by atoms with Gasteiger partial charge in [0.1, 0.15) is 11.5 Å². The highest BCUT2D eigenvalue weighted by atomic mass is 16.5. The third-order valence-electron chi connectivity index (χ3n) is 5.27. The van der Waals surface area contributed by atoms with Crippen molar-refractivity contribution < 1.29 is 14.3 Å². The fourth-order valence-corrected chi connectivity index (χ4v) is 3.69. The van der Waals surface area contributed by atoms with Gasteiger partial charge in [-0.2, -0.15) is 0 Å². The zero-order chi connectivity index (χ0) is 19.2. The molecule has 1 amide bonds. The highest BCUT2D eigenvalue weighted by molar-refractivity contribution is 5.94. The average Bonchev–Trinajstić information content (AvgIpc) is 3.19. The fraction of sp³-hybridized carbons (Fsp3) is 0.409. The minimum absolute atomic E-state index is 0.0220. The van der Waals surface area contributed by atoms with Crippen LogP contribution in [0.3, 0.4) is 0 Å². The first-order valence-corrected chi connectivity index (χ1v) is 9.51. The Kier molecular flexibility index (Phi) is 6.35. The van der Waals surface area contributed by atoms with Gasteiger partial charge in [-0.15, -0.1) is 0 Å². The normalized spacial score (nSPS) is 16.9. The molecule has 1 N–H and O–H groups in total. The summed E-state index contributed by atoms with van der Waals surface area (Å²) >= 11 is 0. The van der Waals surface area contributed by atoms with Gasteiger partial charge in [-0.1, -0.05) is 19.1 Å². The number of ether oxygens (including phenoxy) is 2. The van der Waals surface area contributed by atoms with Crippen molar-refractivity contribution in [3.05, 3.63) is 48.0 Å². The molecule has 0 spiro atoms. The Morgan fingerprint density at radius 2 is 1.93 bits per heavy atom. The Morgan fingerprint density at radius 3 is 2.59 bits per heavy atom. The number of nitrogens with one attached hydrogen (secondary N) is 1.